The molecule has 67 heavy (non-hydrogen) atoms. The Hall–Kier alpha value is -6.37. The van der Waals surface area contributed by atoms with Crippen molar-refractivity contribution in [3.8, 4) is 0 Å². The molecule has 360 valence electrons. The minimum Gasteiger partial charge on any atom is -0.264 e. The van der Waals surface area contributed by atoms with Crippen molar-refractivity contribution in [2.75, 3.05) is 0 Å². The molecule has 9 nitrogen and oxygen atoms in total. The standard InChI is InChI=1S/C8H9F2N.2C8H10FN.2C8H11N.2C7H10N2/c1-5(2)8-7(10)3-6(9)4-11-8;1-6(2)8-4-3-7(9)5-10-8;1-6(2)8-7(9)4-3-5-10-8;1-7(2)8-4-3-5-9-6-8;1-7(2)8-5-3-4-6-9-8;1-6(2)7-5-8-3-4-9-7;1-6(2)7-3-4-8-5-9-7/h3-5H,1-2H3;2*3-6H,1-2H3;2*3-7H,1-2H3;2*3-6H,1-2H3. The molecule has 7 rings (SSSR count). The van der Waals surface area contributed by atoms with Crippen molar-refractivity contribution in [1.29, 1.82) is 0 Å². The van der Waals surface area contributed by atoms with Gasteiger partial charge in [-0.1, -0.05) is 109 Å². The predicted molar refractivity (Wildman–Crippen MR) is 264 cm³/mol. The van der Waals surface area contributed by atoms with Crippen molar-refractivity contribution in [2.24, 2.45) is 0 Å². The molecule has 7 aromatic rings. The van der Waals surface area contributed by atoms with E-state index in [1.807, 2.05) is 84.3 Å². The molecule has 0 saturated heterocycles. The zero-order valence-corrected chi connectivity index (χ0v) is 41.8. The second-order valence-corrected chi connectivity index (χ2v) is 17.2. The first-order valence-electron chi connectivity index (χ1n) is 22.6. The Kier molecular flexibility index (Phi) is 29.0. The summed E-state index contributed by atoms with van der Waals surface area (Å²) in [6.45, 7) is 28.6. The second-order valence-electron chi connectivity index (χ2n) is 17.2. The van der Waals surface area contributed by atoms with E-state index in [0.717, 1.165) is 35.0 Å². The molecule has 7 aromatic heterocycles. The first-order chi connectivity index (χ1) is 31.7. The molecule has 0 amide bonds. The number of nitrogens with zero attached hydrogens (tertiary/aromatic N) is 9. The highest BCUT2D eigenvalue weighted by Crippen LogP contribution is 2.16. The van der Waals surface area contributed by atoms with Crippen LogP contribution in [0.4, 0.5) is 17.6 Å². The Bertz CT molecular complexity index is 2110. The van der Waals surface area contributed by atoms with Crippen LogP contribution >= 0.6 is 0 Å². The van der Waals surface area contributed by atoms with Crippen LogP contribution in [-0.4, -0.2) is 44.9 Å². The maximum Gasteiger partial charge on any atom is 0.147 e. The molecule has 0 saturated carbocycles. The summed E-state index contributed by atoms with van der Waals surface area (Å²) < 4.78 is 50.2. The Morgan fingerprint density at radius 2 is 0.881 bits per heavy atom. The van der Waals surface area contributed by atoms with E-state index in [2.05, 4.69) is 106 Å². The molecule has 0 aromatic carbocycles. The van der Waals surface area contributed by atoms with E-state index >= 15 is 0 Å². The summed E-state index contributed by atoms with van der Waals surface area (Å²) in [5.74, 6) is 0.989. The molecule has 0 N–H and O–H groups in total. The van der Waals surface area contributed by atoms with Crippen LogP contribution < -0.4 is 0 Å². The SMILES string of the molecule is CC(C)c1ccc(F)cn1.CC(C)c1ccccn1.CC(C)c1cccnc1.CC(C)c1ccncn1.CC(C)c1cnccn1.CC(C)c1ncc(F)cc1F.CC(C)c1ncccc1F. The molecule has 0 fully saturated rings. The highest BCUT2D eigenvalue weighted by atomic mass is 19.1. The third-order valence-corrected chi connectivity index (χ3v) is 9.06. The van der Waals surface area contributed by atoms with E-state index in [1.54, 1.807) is 55.6 Å². The molecule has 0 aliphatic carbocycles. The topological polar surface area (TPSA) is 116 Å². The van der Waals surface area contributed by atoms with Gasteiger partial charge in [0.2, 0.25) is 0 Å². The minimum absolute atomic E-state index is 0.00407. The van der Waals surface area contributed by atoms with Gasteiger partial charge in [-0.3, -0.25) is 34.9 Å². The Labute approximate surface area is 397 Å². The summed E-state index contributed by atoms with van der Waals surface area (Å²) in [6, 6.07) is 19.0. The van der Waals surface area contributed by atoms with E-state index in [0.29, 0.717) is 41.0 Å². The summed E-state index contributed by atoms with van der Waals surface area (Å²) in [4.78, 5) is 35.6. The van der Waals surface area contributed by atoms with Crippen LogP contribution in [-0.2, 0) is 0 Å². The van der Waals surface area contributed by atoms with Crippen LogP contribution in [0.2, 0.25) is 0 Å². The average Bonchev–Trinajstić information content (AvgIpc) is 3.31. The van der Waals surface area contributed by atoms with Gasteiger partial charge >= 0.3 is 0 Å². The molecule has 0 aliphatic rings. The zero-order chi connectivity index (χ0) is 50.3. The number of pyridine rings is 5. The Balaban J connectivity index is 0.000000391. The van der Waals surface area contributed by atoms with E-state index in [1.165, 1.54) is 23.9 Å². The minimum atomic E-state index is -0.632. The molecule has 0 radical (unpaired) electrons. The van der Waals surface area contributed by atoms with Crippen molar-refractivity contribution in [3.63, 3.8) is 0 Å². The van der Waals surface area contributed by atoms with Crippen LogP contribution in [0.5, 0.6) is 0 Å². The van der Waals surface area contributed by atoms with Crippen molar-refractivity contribution in [2.45, 2.75) is 138 Å². The normalized spacial score (nSPS) is 10.3. The van der Waals surface area contributed by atoms with Gasteiger partial charge in [0.25, 0.3) is 0 Å². The van der Waals surface area contributed by atoms with E-state index in [4.69, 9.17) is 0 Å². The maximum atomic E-state index is 12.8. The van der Waals surface area contributed by atoms with Gasteiger partial charge in [-0.2, -0.15) is 0 Å². The van der Waals surface area contributed by atoms with E-state index in [9.17, 15) is 17.6 Å². The summed E-state index contributed by atoms with van der Waals surface area (Å²) >= 11 is 0. The lowest BCUT2D eigenvalue weighted by molar-refractivity contribution is 0.548. The van der Waals surface area contributed by atoms with E-state index < -0.39 is 11.6 Å². The lowest BCUT2D eigenvalue weighted by Gasteiger charge is -2.03. The average molecular weight is 922 g/mol. The second kappa shape index (κ2) is 33.2. The smallest absolute Gasteiger partial charge is 0.147 e. The molecule has 13 heteroatoms. The molecule has 0 spiro atoms. The fourth-order valence-corrected chi connectivity index (χ4v) is 5.09. The van der Waals surface area contributed by atoms with E-state index in [-0.39, 0.29) is 23.5 Å². The summed E-state index contributed by atoms with van der Waals surface area (Å²) in [5.41, 5.74) is 6.41. The third-order valence-electron chi connectivity index (χ3n) is 9.06. The quantitative estimate of drug-likeness (QED) is 0.144. The summed E-state index contributed by atoms with van der Waals surface area (Å²) in [6.07, 6.45) is 18.0. The van der Waals surface area contributed by atoms with Gasteiger partial charge in [0.05, 0.1) is 29.5 Å². The number of rotatable bonds is 7. The number of aromatic nitrogens is 9. The van der Waals surface area contributed by atoms with Gasteiger partial charge in [0.1, 0.15) is 29.6 Å². The molecular formula is C54H71F4N9. The van der Waals surface area contributed by atoms with Crippen LogP contribution in [0.3, 0.4) is 0 Å². The molecule has 7 heterocycles. The largest absolute Gasteiger partial charge is 0.264 e. The lowest BCUT2D eigenvalue weighted by Crippen LogP contribution is -1.97. The fraction of sp³-hybridized carbons (Fsp3) is 0.389. The van der Waals surface area contributed by atoms with Gasteiger partial charge < -0.3 is 0 Å². The molecule has 0 unspecified atom stereocenters. The monoisotopic (exact) mass is 922 g/mol. The van der Waals surface area contributed by atoms with Crippen LogP contribution in [0.1, 0.15) is 178 Å². The van der Waals surface area contributed by atoms with Gasteiger partial charge in [-0.25, -0.2) is 27.5 Å². The molecule has 0 atom stereocenters. The first-order valence-corrected chi connectivity index (χ1v) is 22.6. The van der Waals surface area contributed by atoms with Crippen molar-refractivity contribution in [3.05, 3.63) is 198 Å². The Morgan fingerprint density at radius 1 is 0.328 bits per heavy atom. The van der Waals surface area contributed by atoms with Crippen LogP contribution in [0.25, 0.3) is 0 Å². The van der Waals surface area contributed by atoms with Gasteiger partial charge in [-0.15, -0.1) is 0 Å². The van der Waals surface area contributed by atoms with Crippen LogP contribution in [0.15, 0.2) is 135 Å². The first kappa shape index (κ1) is 58.6. The highest BCUT2D eigenvalue weighted by Gasteiger charge is 2.08. The summed E-state index contributed by atoms with van der Waals surface area (Å²) in [5, 5.41) is 0. The van der Waals surface area contributed by atoms with Gasteiger partial charge in [0, 0.05) is 72.7 Å². The number of hydrogen-bond donors (Lipinski definition) is 0. The van der Waals surface area contributed by atoms with Crippen molar-refractivity contribution >= 4 is 0 Å². The zero-order valence-electron chi connectivity index (χ0n) is 41.8. The number of hydrogen-bond acceptors (Lipinski definition) is 9. The molecular weight excluding hydrogens is 851 g/mol. The predicted octanol–water partition coefficient (Wildman–Crippen LogP) is 14.8. The van der Waals surface area contributed by atoms with Gasteiger partial charge in [-0.05, 0) is 95.5 Å². The maximum absolute atomic E-state index is 12.8. The highest BCUT2D eigenvalue weighted by molar-refractivity contribution is 5.14. The third kappa shape index (κ3) is 25.8. The fourth-order valence-electron chi connectivity index (χ4n) is 5.09. The molecule has 0 aliphatic heterocycles. The lowest BCUT2D eigenvalue weighted by atomic mass is 10.1. The Morgan fingerprint density at radius 3 is 1.25 bits per heavy atom. The molecule has 0 bridgehead atoms. The number of halogens is 4. The van der Waals surface area contributed by atoms with Crippen molar-refractivity contribution in [1.82, 2.24) is 44.9 Å². The summed E-state index contributed by atoms with van der Waals surface area (Å²) in [7, 11) is 0. The van der Waals surface area contributed by atoms with Crippen LogP contribution in [0, 0.1) is 23.3 Å². The van der Waals surface area contributed by atoms with Crippen molar-refractivity contribution < 1.29 is 17.6 Å². The van der Waals surface area contributed by atoms with Gasteiger partial charge in [0.15, 0.2) is 0 Å².